The van der Waals surface area contributed by atoms with Crippen molar-refractivity contribution in [2.24, 2.45) is 0 Å². The van der Waals surface area contributed by atoms with E-state index >= 15 is 0 Å². The number of para-hydroxylation sites is 4. The molecule has 0 N–H and O–H groups in total. The summed E-state index contributed by atoms with van der Waals surface area (Å²) in [4.78, 5) is 0. The van der Waals surface area contributed by atoms with Crippen molar-refractivity contribution in [3.05, 3.63) is 170 Å². The van der Waals surface area contributed by atoms with Gasteiger partial charge in [0.1, 0.15) is 68.7 Å². The van der Waals surface area contributed by atoms with E-state index in [1.54, 1.807) is 0 Å². The Bertz CT molecular complexity index is 3580. The molecule has 0 saturated heterocycles. The summed E-state index contributed by atoms with van der Waals surface area (Å²) in [5, 5.41) is 3.64. The molecule has 0 fully saturated rings. The van der Waals surface area contributed by atoms with Crippen LogP contribution in [0.5, 0.6) is 69.0 Å². The molecule has 0 amide bonds. The minimum atomic E-state index is -0.223. The van der Waals surface area contributed by atoms with Crippen LogP contribution in [-0.2, 0) is 0 Å². The molecular weight excluding hydrogens is 798 g/mol. The Labute approximate surface area is 364 Å². The van der Waals surface area contributed by atoms with Crippen LogP contribution in [-0.4, -0.2) is 13.4 Å². The van der Waals surface area contributed by atoms with Crippen molar-refractivity contribution in [3.8, 4) is 69.0 Å². The Balaban J connectivity index is 0.904. The Morgan fingerprint density at radius 2 is 0.766 bits per heavy atom. The minimum Gasteiger partial charge on any atom is -0.458 e. The molecule has 0 unspecified atom stereocenters. The molecule has 0 saturated carbocycles. The number of ether oxygens (including phenoxy) is 6. The van der Waals surface area contributed by atoms with Crippen molar-refractivity contribution in [1.82, 2.24) is 0 Å². The standard InChI is InChI=1S/C54H28B2O8/c1-3-11-29(12-4-1)57-31-19-21-33-35-25-47-49-53(51(35)63-43(33)23-31)61-41-17-9-7-15-37(41)55(49)39-27-40-46(28-45(39)59-47)60-48-26-36-34-22-20-32(58-30-13-5-2-6-14-30)24-44(34)64-52(36)54-50(48)56(40)38-16-8-10-18-42(38)62-54/h1-28H. The normalized spacial score (nSPS) is 13.4. The lowest BCUT2D eigenvalue weighted by atomic mass is 9.31. The molecule has 15 rings (SSSR count). The highest BCUT2D eigenvalue weighted by atomic mass is 16.5. The van der Waals surface area contributed by atoms with E-state index in [2.05, 4.69) is 48.5 Å². The van der Waals surface area contributed by atoms with Gasteiger partial charge in [0.15, 0.2) is 22.7 Å². The van der Waals surface area contributed by atoms with E-state index in [-0.39, 0.29) is 13.4 Å². The van der Waals surface area contributed by atoms with Crippen LogP contribution in [0.2, 0.25) is 0 Å². The number of hydrogen-bond acceptors (Lipinski definition) is 8. The van der Waals surface area contributed by atoms with Gasteiger partial charge in [0.2, 0.25) is 0 Å². The predicted molar refractivity (Wildman–Crippen MR) is 249 cm³/mol. The number of fused-ring (bicyclic) bond motifs is 16. The van der Waals surface area contributed by atoms with Crippen LogP contribution in [0.1, 0.15) is 0 Å². The summed E-state index contributed by atoms with van der Waals surface area (Å²) in [5.74, 6) is 8.52. The average molecular weight is 826 g/mol. The summed E-state index contributed by atoms with van der Waals surface area (Å²) < 4.78 is 53.4. The van der Waals surface area contributed by atoms with Gasteiger partial charge in [-0.15, -0.1) is 0 Å². The molecule has 298 valence electrons. The summed E-state index contributed by atoms with van der Waals surface area (Å²) in [7, 11) is 0. The monoisotopic (exact) mass is 826 g/mol. The maximum atomic E-state index is 6.99. The number of furan rings is 2. The Kier molecular flexibility index (Phi) is 6.70. The molecule has 4 aliphatic rings. The van der Waals surface area contributed by atoms with Crippen LogP contribution in [0, 0.1) is 0 Å². The second-order valence-corrected chi connectivity index (χ2v) is 16.6. The molecule has 0 atom stereocenters. The van der Waals surface area contributed by atoms with E-state index < -0.39 is 0 Å². The van der Waals surface area contributed by atoms with Crippen molar-refractivity contribution in [2.45, 2.75) is 0 Å². The van der Waals surface area contributed by atoms with Crippen molar-refractivity contribution in [1.29, 1.82) is 0 Å². The Morgan fingerprint density at radius 1 is 0.312 bits per heavy atom. The fourth-order valence-corrected chi connectivity index (χ4v) is 10.3. The van der Waals surface area contributed by atoms with Gasteiger partial charge in [-0.3, -0.25) is 0 Å². The van der Waals surface area contributed by atoms with Gasteiger partial charge in [-0.2, -0.15) is 0 Å². The van der Waals surface area contributed by atoms with Crippen LogP contribution >= 0.6 is 0 Å². The zero-order valence-corrected chi connectivity index (χ0v) is 33.6. The minimum absolute atomic E-state index is 0.223. The quantitative estimate of drug-likeness (QED) is 0.162. The zero-order chi connectivity index (χ0) is 41.6. The molecule has 0 bridgehead atoms. The maximum absolute atomic E-state index is 6.99. The molecule has 0 radical (unpaired) electrons. The lowest BCUT2D eigenvalue weighted by molar-refractivity contribution is 0.450. The molecule has 11 aromatic rings. The first-order chi connectivity index (χ1) is 31.7. The topological polar surface area (TPSA) is 81.7 Å². The molecule has 4 aliphatic heterocycles. The molecule has 9 aromatic carbocycles. The average Bonchev–Trinajstić information content (AvgIpc) is 3.89. The maximum Gasteiger partial charge on any atom is 0.260 e. The molecule has 10 heteroatoms. The lowest BCUT2D eigenvalue weighted by Crippen LogP contribution is -2.61. The lowest BCUT2D eigenvalue weighted by Gasteiger charge is -2.36. The smallest absolute Gasteiger partial charge is 0.260 e. The van der Waals surface area contributed by atoms with E-state index in [1.165, 1.54) is 0 Å². The summed E-state index contributed by atoms with van der Waals surface area (Å²) in [5.41, 5.74) is 8.62. The highest BCUT2D eigenvalue weighted by molar-refractivity contribution is 7.01. The van der Waals surface area contributed by atoms with Gasteiger partial charge in [-0.1, -0.05) is 78.9 Å². The van der Waals surface area contributed by atoms with Gasteiger partial charge < -0.3 is 37.3 Å². The third kappa shape index (κ3) is 4.79. The van der Waals surface area contributed by atoms with Gasteiger partial charge in [-0.25, -0.2) is 0 Å². The number of rotatable bonds is 4. The van der Waals surface area contributed by atoms with Crippen LogP contribution < -0.4 is 61.2 Å². The van der Waals surface area contributed by atoms with E-state index in [9.17, 15) is 0 Å². The summed E-state index contributed by atoms with van der Waals surface area (Å²) >= 11 is 0. The van der Waals surface area contributed by atoms with Crippen LogP contribution in [0.25, 0.3) is 43.9 Å². The van der Waals surface area contributed by atoms with Gasteiger partial charge in [0, 0.05) is 50.7 Å². The SMILES string of the molecule is c1ccc(Oc2ccc3c(c2)oc2c4c5c(cc23)Oc2cc3c(cc2B5c2ccccc2O4)B2c4ccccc4Oc4c2c(cc2c4oc4cc(Oc5ccccc5)ccc42)O3)cc1. The summed E-state index contributed by atoms with van der Waals surface area (Å²) in [6.07, 6.45) is 0. The van der Waals surface area contributed by atoms with Gasteiger partial charge in [0.25, 0.3) is 13.4 Å². The zero-order valence-electron chi connectivity index (χ0n) is 33.6. The summed E-state index contributed by atoms with van der Waals surface area (Å²) in [6, 6.07) is 56.2. The van der Waals surface area contributed by atoms with E-state index in [0.717, 1.165) is 88.8 Å². The molecule has 2 aromatic heterocycles. The molecule has 64 heavy (non-hydrogen) atoms. The first-order valence-electron chi connectivity index (χ1n) is 21.3. The number of hydrogen-bond donors (Lipinski definition) is 0. The Hall–Kier alpha value is -8.49. The Morgan fingerprint density at radius 3 is 1.25 bits per heavy atom. The largest absolute Gasteiger partial charge is 0.458 e. The summed E-state index contributed by atoms with van der Waals surface area (Å²) in [6.45, 7) is -0.445. The fraction of sp³-hybridized carbons (Fsp3) is 0. The molecule has 0 aliphatic carbocycles. The van der Waals surface area contributed by atoms with Crippen molar-refractivity contribution < 1.29 is 37.3 Å². The highest BCUT2D eigenvalue weighted by Gasteiger charge is 2.46. The number of benzene rings is 9. The first kappa shape index (κ1) is 34.1. The third-order valence-electron chi connectivity index (χ3n) is 13.0. The van der Waals surface area contributed by atoms with Crippen LogP contribution in [0.4, 0.5) is 0 Å². The van der Waals surface area contributed by atoms with Gasteiger partial charge in [-0.05, 0) is 94.6 Å². The molecule has 8 nitrogen and oxygen atoms in total. The van der Waals surface area contributed by atoms with Gasteiger partial charge >= 0.3 is 0 Å². The van der Waals surface area contributed by atoms with Crippen LogP contribution in [0.3, 0.4) is 0 Å². The van der Waals surface area contributed by atoms with Crippen molar-refractivity contribution in [2.75, 3.05) is 0 Å². The predicted octanol–water partition coefficient (Wildman–Crippen LogP) is 10.5. The molecular formula is C54H28B2O8. The van der Waals surface area contributed by atoms with Crippen LogP contribution in [0.15, 0.2) is 179 Å². The van der Waals surface area contributed by atoms with Crippen molar-refractivity contribution in [3.63, 3.8) is 0 Å². The second kappa shape index (κ2) is 12.6. The molecule has 0 spiro atoms. The van der Waals surface area contributed by atoms with Gasteiger partial charge in [0.05, 0.1) is 0 Å². The van der Waals surface area contributed by atoms with E-state index in [1.807, 2.05) is 121 Å². The van der Waals surface area contributed by atoms with E-state index in [4.69, 9.17) is 37.3 Å². The second-order valence-electron chi connectivity index (χ2n) is 16.6. The first-order valence-corrected chi connectivity index (χ1v) is 21.3. The highest BCUT2D eigenvalue weighted by Crippen LogP contribution is 2.47. The fourth-order valence-electron chi connectivity index (χ4n) is 10.3. The van der Waals surface area contributed by atoms with Crippen molar-refractivity contribution >= 4 is 90.1 Å². The molecule has 6 heterocycles. The third-order valence-corrected chi connectivity index (χ3v) is 13.0. The van der Waals surface area contributed by atoms with E-state index in [0.29, 0.717) is 56.8 Å².